The Labute approximate surface area is 103 Å². The van der Waals surface area contributed by atoms with Crippen molar-refractivity contribution in [3.05, 3.63) is 24.3 Å². The van der Waals surface area contributed by atoms with Gasteiger partial charge >= 0.3 is 0 Å². The van der Waals surface area contributed by atoms with Crippen molar-refractivity contribution in [1.29, 1.82) is 0 Å². The maximum Gasteiger partial charge on any atom is 0.240 e. The molecule has 0 radical (unpaired) electrons. The zero-order valence-corrected chi connectivity index (χ0v) is 11.2. The average molecular weight is 257 g/mol. The average Bonchev–Trinajstić information content (AvgIpc) is 2.15. The van der Waals surface area contributed by atoms with Crippen molar-refractivity contribution < 1.29 is 13.5 Å². The lowest BCUT2D eigenvalue weighted by atomic mass is 10.1. The number of benzene rings is 1. The van der Waals surface area contributed by atoms with E-state index >= 15 is 0 Å². The molecule has 0 spiro atoms. The number of hydrogen-bond donors (Lipinski definition) is 2. The molecule has 1 aromatic rings. The summed E-state index contributed by atoms with van der Waals surface area (Å²) >= 11 is 0. The summed E-state index contributed by atoms with van der Waals surface area (Å²) in [6.07, 6.45) is 0.789. The number of phenols is 1. The molecule has 1 unspecified atom stereocenters. The smallest absolute Gasteiger partial charge is 0.240 e. The van der Waals surface area contributed by atoms with Gasteiger partial charge in [0.1, 0.15) is 5.75 Å². The van der Waals surface area contributed by atoms with Crippen molar-refractivity contribution >= 4 is 10.0 Å². The molecule has 0 aliphatic rings. The predicted molar refractivity (Wildman–Crippen MR) is 67.3 cm³/mol. The van der Waals surface area contributed by atoms with Crippen LogP contribution in [0, 0.1) is 5.92 Å². The van der Waals surface area contributed by atoms with Crippen molar-refractivity contribution in [2.45, 2.75) is 38.1 Å². The van der Waals surface area contributed by atoms with Crippen molar-refractivity contribution in [1.82, 2.24) is 4.72 Å². The minimum Gasteiger partial charge on any atom is -0.508 e. The second-order valence-corrected chi connectivity index (χ2v) is 6.36. The molecule has 0 aromatic heterocycles. The molecule has 0 aliphatic carbocycles. The summed E-state index contributed by atoms with van der Waals surface area (Å²) in [6, 6.07) is 5.40. The van der Waals surface area contributed by atoms with E-state index in [-0.39, 0.29) is 16.7 Å². The molecule has 1 aromatic carbocycles. The van der Waals surface area contributed by atoms with Crippen molar-refractivity contribution in [3.63, 3.8) is 0 Å². The summed E-state index contributed by atoms with van der Waals surface area (Å²) in [5.74, 6) is 0.492. The molecule has 96 valence electrons. The first-order valence-electron chi connectivity index (χ1n) is 5.62. The number of sulfonamides is 1. The molecule has 1 rings (SSSR count). The summed E-state index contributed by atoms with van der Waals surface area (Å²) in [5, 5.41) is 9.11. The Hall–Kier alpha value is -1.07. The number of hydrogen-bond acceptors (Lipinski definition) is 3. The van der Waals surface area contributed by atoms with Crippen LogP contribution in [-0.2, 0) is 10.0 Å². The number of rotatable bonds is 5. The second-order valence-electron chi connectivity index (χ2n) is 4.65. The van der Waals surface area contributed by atoms with Gasteiger partial charge in [-0.05, 0) is 43.5 Å². The first-order chi connectivity index (χ1) is 7.81. The van der Waals surface area contributed by atoms with Crippen molar-refractivity contribution in [3.8, 4) is 5.75 Å². The van der Waals surface area contributed by atoms with Gasteiger partial charge in [0.2, 0.25) is 10.0 Å². The van der Waals surface area contributed by atoms with E-state index in [0.29, 0.717) is 5.92 Å². The highest BCUT2D eigenvalue weighted by Gasteiger charge is 2.17. The highest BCUT2D eigenvalue weighted by molar-refractivity contribution is 7.89. The molecule has 0 saturated heterocycles. The molecule has 4 nitrogen and oxygen atoms in total. The minimum atomic E-state index is -3.48. The van der Waals surface area contributed by atoms with Gasteiger partial charge in [-0.25, -0.2) is 13.1 Å². The third-order valence-electron chi connectivity index (χ3n) is 2.33. The molecule has 0 saturated carbocycles. The number of aromatic hydroxyl groups is 1. The maximum atomic E-state index is 11.9. The molecule has 17 heavy (non-hydrogen) atoms. The fourth-order valence-electron chi connectivity index (χ4n) is 1.71. The van der Waals surface area contributed by atoms with E-state index in [0.717, 1.165) is 6.42 Å². The summed E-state index contributed by atoms with van der Waals surface area (Å²) in [7, 11) is -3.48. The van der Waals surface area contributed by atoms with Crippen LogP contribution in [0.25, 0.3) is 0 Å². The van der Waals surface area contributed by atoms with Gasteiger partial charge < -0.3 is 5.11 Å². The summed E-state index contributed by atoms with van der Waals surface area (Å²) in [4.78, 5) is 0.172. The molecule has 5 heteroatoms. The second kappa shape index (κ2) is 5.51. The first-order valence-corrected chi connectivity index (χ1v) is 7.11. The van der Waals surface area contributed by atoms with E-state index in [1.54, 1.807) is 0 Å². The zero-order valence-electron chi connectivity index (χ0n) is 10.3. The van der Waals surface area contributed by atoms with Crippen molar-refractivity contribution in [2.24, 2.45) is 5.92 Å². The summed E-state index contributed by atoms with van der Waals surface area (Å²) in [6.45, 7) is 5.94. The molecule has 1 atom stereocenters. The minimum absolute atomic E-state index is 0.0548. The Morgan fingerprint density at radius 3 is 2.18 bits per heavy atom. The lowest BCUT2D eigenvalue weighted by molar-refractivity contribution is 0.474. The van der Waals surface area contributed by atoms with Gasteiger partial charge in [-0.3, -0.25) is 0 Å². The molecule has 0 amide bonds. The molecule has 0 bridgehead atoms. The van der Waals surface area contributed by atoms with Crippen LogP contribution in [0.1, 0.15) is 27.2 Å². The Bertz CT molecular complexity index is 451. The largest absolute Gasteiger partial charge is 0.508 e. The van der Waals surface area contributed by atoms with Crippen LogP contribution in [0.4, 0.5) is 0 Å². The lowest BCUT2D eigenvalue weighted by Gasteiger charge is -2.16. The quantitative estimate of drug-likeness (QED) is 0.849. The van der Waals surface area contributed by atoms with Crippen LogP contribution in [0.15, 0.2) is 29.2 Å². The first kappa shape index (κ1) is 14.0. The number of nitrogens with one attached hydrogen (secondary N) is 1. The van der Waals surface area contributed by atoms with Crippen LogP contribution in [0.2, 0.25) is 0 Å². The van der Waals surface area contributed by atoms with E-state index in [1.165, 1.54) is 24.3 Å². The van der Waals surface area contributed by atoms with E-state index in [2.05, 4.69) is 4.72 Å². The van der Waals surface area contributed by atoms with Gasteiger partial charge in [-0.15, -0.1) is 0 Å². The molecule has 2 N–H and O–H groups in total. The van der Waals surface area contributed by atoms with Gasteiger partial charge in [-0.2, -0.15) is 0 Å². The normalized spacial score (nSPS) is 13.9. The van der Waals surface area contributed by atoms with E-state index in [1.807, 2.05) is 20.8 Å². The van der Waals surface area contributed by atoms with Crippen LogP contribution in [-0.4, -0.2) is 19.6 Å². The Kier molecular flexibility index (Phi) is 4.54. The molecular weight excluding hydrogens is 238 g/mol. The van der Waals surface area contributed by atoms with Gasteiger partial charge in [0.25, 0.3) is 0 Å². The predicted octanol–water partition coefficient (Wildman–Crippen LogP) is 2.11. The molecular formula is C12H19NO3S. The van der Waals surface area contributed by atoms with Crippen LogP contribution >= 0.6 is 0 Å². The Morgan fingerprint density at radius 2 is 1.71 bits per heavy atom. The molecule has 0 aliphatic heterocycles. The highest BCUT2D eigenvalue weighted by Crippen LogP contribution is 2.15. The van der Waals surface area contributed by atoms with Gasteiger partial charge in [0.05, 0.1) is 4.90 Å². The van der Waals surface area contributed by atoms with Crippen LogP contribution in [0.3, 0.4) is 0 Å². The van der Waals surface area contributed by atoms with E-state index in [4.69, 9.17) is 5.11 Å². The topological polar surface area (TPSA) is 66.4 Å². The fourth-order valence-corrected chi connectivity index (χ4v) is 2.97. The molecule has 0 heterocycles. The van der Waals surface area contributed by atoms with Crippen LogP contribution < -0.4 is 4.72 Å². The third-order valence-corrected chi connectivity index (χ3v) is 3.93. The van der Waals surface area contributed by atoms with Crippen LogP contribution in [0.5, 0.6) is 5.75 Å². The Morgan fingerprint density at radius 1 is 1.18 bits per heavy atom. The zero-order chi connectivity index (χ0) is 13.1. The van der Waals surface area contributed by atoms with Gasteiger partial charge in [-0.1, -0.05) is 13.8 Å². The lowest BCUT2D eigenvalue weighted by Crippen LogP contribution is -2.33. The summed E-state index contributed by atoms with van der Waals surface area (Å²) in [5.41, 5.74) is 0. The van der Waals surface area contributed by atoms with Crippen molar-refractivity contribution in [2.75, 3.05) is 0 Å². The fraction of sp³-hybridized carbons (Fsp3) is 0.500. The SMILES string of the molecule is CC(C)CC(C)NS(=O)(=O)c1ccc(O)cc1. The standard InChI is InChI=1S/C12H19NO3S/c1-9(2)8-10(3)13-17(15,16)12-6-4-11(14)5-7-12/h4-7,9-10,13-14H,8H2,1-3H3. The Balaban J connectivity index is 2.78. The van der Waals surface area contributed by atoms with Gasteiger partial charge in [0, 0.05) is 6.04 Å². The monoisotopic (exact) mass is 257 g/mol. The van der Waals surface area contributed by atoms with Gasteiger partial charge in [0.15, 0.2) is 0 Å². The van der Waals surface area contributed by atoms with E-state index < -0.39 is 10.0 Å². The maximum absolute atomic E-state index is 11.9. The van der Waals surface area contributed by atoms with E-state index in [9.17, 15) is 8.42 Å². The summed E-state index contributed by atoms with van der Waals surface area (Å²) < 4.78 is 26.5. The number of phenolic OH excluding ortho intramolecular Hbond substituents is 1. The molecule has 0 fully saturated rings. The highest BCUT2D eigenvalue weighted by atomic mass is 32.2. The third kappa shape index (κ3) is 4.36.